The summed E-state index contributed by atoms with van der Waals surface area (Å²) in [5.74, 6) is -0.924. The summed E-state index contributed by atoms with van der Waals surface area (Å²) >= 11 is 0. The molecule has 0 aromatic heterocycles. The normalized spacial score (nSPS) is 20.2. The summed E-state index contributed by atoms with van der Waals surface area (Å²) in [6.45, 7) is 7.40. The first kappa shape index (κ1) is 25.5. The highest BCUT2D eigenvalue weighted by Crippen LogP contribution is 2.41. The molecule has 2 aliphatic rings. The van der Waals surface area contributed by atoms with Gasteiger partial charge in [-0.05, 0) is 55.8 Å². The Balaban J connectivity index is 1.73. The third-order valence-electron chi connectivity index (χ3n) is 6.32. The Bertz CT molecular complexity index is 1140. The lowest BCUT2D eigenvalue weighted by molar-refractivity contribution is -0.140. The minimum atomic E-state index is -0.841. The third kappa shape index (κ3) is 5.32. The Hall–Kier alpha value is -3.56. The van der Waals surface area contributed by atoms with Crippen LogP contribution in [0.3, 0.4) is 0 Å². The van der Waals surface area contributed by atoms with Crippen molar-refractivity contribution in [2.24, 2.45) is 0 Å². The van der Waals surface area contributed by atoms with E-state index in [1.807, 2.05) is 13.8 Å². The molecule has 9 heteroatoms. The number of carbonyl (C=O) groups is 2. The zero-order chi connectivity index (χ0) is 25.8. The van der Waals surface area contributed by atoms with Crippen molar-refractivity contribution in [1.29, 1.82) is 0 Å². The van der Waals surface area contributed by atoms with Crippen LogP contribution in [0.4, 0.5) is 0 Å². The fourth-order valence-electron chi connectivity index (χ4n) is 4.51. The average molecular weight is 497 g/mol. The van der Waals surface area contributed by atoms with E-state index in [0.29, 0.717) is 36.6 Å². The maximum atomic E-state index is 13.3. The number of phenols is 1. The second-order valence-corrected chi connectivity index (χ2v) is 9.07. The SMILES string of the molecule is COc1cc([C@H]2/C(=C(\O)c3ccc(OC(C)C)cc3)C(=O)C(=O)N2CCN2CCOCC2)ccc1O. The number of benzene rings is 2. The van der Waals surface area contributed by atoms with Gasteiger partial charge < -0.3 is 29.3 Å². The number of phenolic OH excluding ortho intramolecular Hbond substituents is 1. The Morgan fingerprint density at radius 2 is 1.78 bits per heavy atom. The lowest BCUT2D eigenvalue weighted by Crippen LogP contribution is -2.42. The molecule has 2 aliphatic heterocycles. The van der Waals surface area contributed by atoms with Gasteiger partial charge in [-0.1, -0.05) is 6.07 Å². The Morgan fingerprint density at radius 3 is 2.42 bits per heavy atom. The van der Waals surface area contributed by atoms with E-state index in [9.17, 15) is 19.8 Å². The van der Waals surface area contributed by atoms with E-state index < -0.39 is 17.7 Å². The highest BCUT2D eigenvalue weighted by Gasteiger charge is 2.46. The lowest BCUT2D eigenvalue weighted by atomic mass is 9.95. The molecule has 2 aromatic carbocycles. The number of Topliss-reactive ketones (excluding diaryl/α,β-unsaturated/α-hetero) is 1. The number of ether oxygens (including phenoxy) is 3. The highest BCUT2D eigenvalue weighted by atomic mass is 16.5. The zero-order valence-corrected chi connectivity index (χ0v) is 20.8. The lowest BCUT2D eigenvalue weighted by Gasteiger charge is -2.31. The van der Waals surface area contributed by atoms with E-state index in [0.717, 1.165) is 13.1 Å². The van der Waals surface area contributed by atoms with Gasteiger partial charge in [-0.15, -0.1) is 0 Å². The number of nitrogens with zero attached hydrogens (tertiary/aromatic N) is 2. The second-order valence-electron chi connectivity index (χ2n) is 9.07. The topological polar surface area (TPSA) is 109 Å². The van der Waals surface area contributed by atoms with Crippen LogP contribution in [-0.2, 0) is 14.3 Å². The number of amides is 1. The molecule has 1 atom stereocenters. The van der Waals surface area contributed by atoms with Gasteiger partial charge in [0.15, 0.2) is 11.5 Å². The quantitative estimate of drug-likeness (QED) is 0.326. The van der Waals surface area contributed by atoms with Gasteiger partial charge in [-0.2, -0.15) is 0 Å². The molecule has 1 amide bonds. The first-order chi connectivity index (χ1) is 17.3. The van der Waals surface area contributed by atoms with E-state index >= 15 is 0 Å². The molecule has 0 radical (unpaired) electrons. The van der Waals surface area contributed by atoms with Crippen LogP contribution >= 0.6 is 0 Å². The van der Waals surface area contributed by atoms with Gasteiger partial charge in [-0.25, -0.2) is 0 Å². The maximum Gasteiger partial charge on any atom is 0.295 e. The Kier molecular flexibility index (Phi) is 7.81. The molecule has 0 aliphatic carbocycles. The number of morpholine rings is 1. The number of rotatable bonds is 8. The molecule has 9 nitrogen and oxygen atoms in total. The summed E-state index contributed by atoms with van der Waals surface area (Å²) in [5, 5.41) is 21.4. The van der Waals surface area contributed by atoms with Gasteiger partial charge in [0.1, 0.15) is 11.5 Å². The fraction of sp³-hybridized carbons (Fsp3) is 0.407. The largest absolute Gasteiger partial charge is 0.507 e. The number of aliphatic hydroxyl groups is 1. The zero-order valence-electron chi connectivity index (χ0n) is 20.8. The second kappa shape index (κ2) is 11.0. The number of aromatic hydroxyl groups is 1. The molecule has 0 saturated carbocycles. The van der Waals surface area contributed by atoms with Gasteiger partial charge in [0.2, 0.25) is 0 Å². The number of hydrogen-bond donors (Lipinski definition) is 2. The maximum absolute atomic E-state index is 13.3. The minimum absolute atomic E-state index is 0.00718. The van der Waals surface area contributed by atoms with Crippen LogP contribution in [0.5, 0.6) is 17.2 Å². The van der Waals surface area contributed by atoms with Gasteiger partial charge in [0.25, 0.3) is 11.7 Å². The van der Waals surface area contributed by atoms with Crippen molar-refractivity contribution in [2.45, 2.75) is 26.0 Å². The van der Waals surface area contributed by atoms with Crippen molar-refractivity contribution in [3.8, 4) is 17.2 Å². The van der Waals surface area contributed by atoms with Gasteiger partial charge >= 0.3 is 0 Å². The molecular formula is C27H32N2O7. The summed E-state index contributed by atoms with van der Waals surface area (Å²) in [4.78, 5) is 30.1. The van der Waals surface area contributed by atoms with Gasteiger partial charge in [0, 0.05) is 31.7 Å². The molecule has 2 fully saturated rings. The number of likely N-dealkylation sites (tertiary alicyclic amines) is 1. The molecule has 2 N–H and O–H groups in total. The van der Waals surface area contributed by atoms with E-state index in [-0.39, 0.29) is 35.5 Å². The fourth-order valence-corrected chi connectivity index (χ4v) is 4.51. The van der Waals surface area contributed by atoms with Crippen LogP contribution < -0.4 is 9.47 Å². The number of aliphatic hydroxyl groups excluding tert-OH is 1. The number of carbonyl (C=O) groups excluding carboxylic acids is 2. The molecule has 0 spiro atoms. The summed E-state index contributed by atoms with van der Waals surface area (Å²) in [5.41, 5.74) is 0.937. The van der Waals surface area contributed by atoms with Crippen molar-refractivity contribution in [3.05, 3.63) is 59.2 Å². The molecule has 2 aromatic rings. The number of hydrogen-bond acceptors (Lipinski definition) is 8. The molecular weight excluding hydrogens is 464 g/mol. The molecule has 2 saturated heterocycles. The monoisotopic (exact) mass is 496 g/mol. The van der Waals surface area contributed by atoms with E-state index in [2.05, 4.69) is 4.90 Å². The molecule has 0 bridgehead atoms. The van der Waals surface area contributed by atoms with Crippen molar-refractivity contribution >= 4 is 17.4 Å². The number of ketones is 1. The highest BCUT2D eigenvalue weighted by molar-refractivity contribution is 6.46. The van der Waals surface area contributed by atoms with Crippen molar-refractivity contribution in [2.75, 3.05) is 46.5 Å². The van der Waals surface area contributed by atoms with Crippen LogP contribution in [-0.4, -0.2) is 84.3 Å². The summed E-state index contributed by atoms with van der Waals surface area (Å²) in [6.07, 6.45) is -0.00860. The van der Waals surface area contributed by atoms with E-state index in [1.54, 1.807) is 36.4 Å². The van der Waals surface area contributed by atoms with Crippen LogP contribution in [0.15, 0.2) is 48.0 Å². The first-order valence-corrected chi connectivity index (χ1v) is 12.0. The Labute approximate surface area is 210 Å². The molecule has 2 heterocycles. The number of methoxy groups -OCH3 is 1. The summed E-state index contributed by atoms with van der Waals surface area (Å²) in [6, 6.07) is 10.6. The van der Waals surface area contributed by atoms with E-state index in [1.165, 1.54) is 18.1 Å². The smallest absolute Gasteiger partial charge is 0.295 e. The molecule has 192 valence electrons. The van der Waals surface area contributed by atoms with Crippen LogP contribution in [0, 0.1) is 0 Å². The predicted octanol–water partition coefficient (Wildman–Crippen LogP) is 2.94. The average Bonchev–Trinajstić information content (AvgIpc) is 3.13. The predicted molar refractivity (Wildman–Crippen MR) is 133 cm³/mol. The van der Waals surface area contributed by atoms with E-state index in [4.69, 9.17) is 14.2 Å². The summed E-state index contributed by atoms with van der Waals surface area (Å²) in [7, 11) is 1.43. The molecule has 36 heavy (non-hydrogen) atoms. The van der Waals surface area contributed by atoms with Gasteiger partial charge in [-0.3, -0.25) is 14.5 Å². The Morgan fingerprint density at radius 1 is 1.08 bits per heavy atom. The summed E-state index contributed by atoms with van der Waals surface area (Å²) < 4.78 is 16.3. The van der Waals surface area contributed by atoms with Crippen molar-refractivity contribution < 1.29 is 34.0 Å². The third-order valence-corrected chi connectivity index (χ3v) is 6.32. The molecule has 0 unspecified atom stereocenters. The standard InChI is InChI=1S/C27H32N2O7/c1-17(2)36-20-7-4-18(5-8-20)25(31)23-24(19-6-9-21(30)22(16-19)34-3)29(27(33)26(23)32)11-10-28-12-14-35-15-13-28/h4-9,16-17,24,30-31H,10-15H2,1-3H3/b25-23+/t24-/m0/s1. The van der Waals surface area contributed by atoms with Crippen molar-refractivity contribution in [3.63, 3.8) is 0 Å². The van der Waals surface area contributed by atoms with Crippen LogP contribution in [0.1, 0.15) is 31.0 Å². The minimum Gasteiger partial charge on any atom is -0.507 e. The van der Waals surface area contributed by atoms with Gasteiger partial charge in [0.05, 0.1) is 38.0 Å². The van der Waals surface area contributed by atoms with Crippen LogP contribution in [0.2, 0.25) is 0 Å². The van der Waals surface area contributed by atoms with Crippen LogP contribution in [0.25, 0.3) is 5.76 Å². The van der Waals surface area contributed by atoms with Crippen molar-refractivity contribution in [1.82, 2.24) is 9.80 Å². The first-order valence-electron chi connectivity index (χ1n) is 12.0. The molecule has 4 rings (SSSR count).